The van der Waals surface area contributed by atoms with E-state index in [0.717, 1.165) is 11.3 Å². The van der Waals surface area contributed by atoms with Gasteiger partial charge in [-0.25, -0.2) is 18.2 Å². The van der Waals surface area contributed by atoms with E-state index >= 15 is 0 Å². The minimum absolute atomic E-state index is 0.0196. The van der Waals surface area contributed by atoms with Crippen molar-refractivity contribution in [3.05, 3.63) is 44.3 Å². The first-order valence-corrected chi connectivity index (χ1v) is 8.44. The Morgan fingerprint density at radius 2 is 1.90 bits per heavy atom. The zero-order valence-electron chi connectivity index (χ0n) is 9.71. The molecule has 0 radical (unpaired) electrons. The second kappa shape index (κ2) is 5.69. The molecule has 106 valence electrons. The molecule has 0 fully saturated rings. The molecule has 20 heavy (non-hydrogen) atoms. The minimum atomic E-state index is -3.80. The molecule has 2 aromatic rings. The normalized spacial score (nSPS) is 11.5. The third kappa shape index (κ3) is 3.12. The van der Waals surface area contributed by atoms with Gasteiger partial charge in [0.2, 0.25) is 5.01 Å². The lowest BCUT2D eigenvalue weighted by atomic mass is 10.4. The molecule has 1 N–H and O–H groups in total. The Hall–Kier alpha value is -1.15. The van der Waals surface area contributed by atoms with Crippen molar-refractivity contribution < 1.29 is 18.3 Å². The van der Waals surface area contributed by atoms with Crippen LogP contribution < -0.4 is 0 Å². The quantitative estimate of drug-likeness (QED) is 0.914. The van der Waals surface area contributed by atoms with Crippen molar-refractivity contribution in [3.63, 3.8) is 0 Å². The van der Waals surface area contributed by atoms with Gasteiger partial charge in [-0.1, -0.05) is 29.3 Å². The van der Waals surface area contributed by atoms with Crippen LogP contribution in [0.5, 0.6) is 0 Å². The summed E-state index contributed by atoms with van der Waals surface area (Å²) in [6.45, 7) is 0. The number of halogens is 2. The van der Waals surface area contributed by atoms with Gasteiger partial charge in [0.05, 0.1) is 21.5 Å². The highest BCUT2D eigenvalue weighted by molar-refractivity contribution is 7.90. The second-order valence-corrected chi connectivity index (χ2v) is 7.36. The van der Waals surface area contributed by atoms with Crippen molar-refractivity contribution in [2.45, 2.75) is 10.6 Å². The summed E-state index contributed by atoms with van der Waals surface area (Å²) in [6, 6.07) is 4.38. The molecule has 0 aliphatic carbocycles. The van der Waals surface area contributed by atoms with Crippen LogP contribution in [0.1, 0.15) is 15.5 Å². The lowest BCUT2D eigenvalue weighted by molar-refractivity contribution is 0.0696. The fraction of sp³-hybridized carbons (Fsp3) is 0.0909. The molecule has 5 nitrogen and oxygen atoms in total. The summed E-state index contributed by atoms with van der Waals surface area (Å²) in [5.74, 6) is -1.66. The van der Waals surface area contributed by atoms with E-state index in [-0.39, 0.29) is 25.6 Å². The van der Waals surface area contributed by atoms with Gasteiger partial charge in [0.25, 0.3) is 0 Å². The number of aromatic carboxylic acids is 1. The number of carbonyl (C=O) groups is 1. The number of sulfone groups is 1. The summed E-state index contributed by atoms with van der Waals surface area (Å²) in [5.41, 5.74) is 0.142. The van der Waals surface area contributed by atoms with Crippen LogP contribution in [-0.2, 0) is 15.6 Å². The summed E-state index contributed by atoms with van der Waals surface area (Å²) >= 11 is 12.6. The number of rotatable bonds is 4. The van der Waals surface area contributed by atoms with E-state index in [9.17, 15) is 13.2 Å². The fourth-order valence-electron chi connectivity index (χ4n) is 1.52. The predicted molar refractivity (Wildman–Crippen MR) is 76.4 cm³/mol. The zero-order valence-corrected chi connectivity index (χ0v) is 12.9. The molecular formula is C11H7Cl2NO4S2. The van der Waals surface area contributed by atoms with Gasteiger partial charge in [-0.05, 0) is 12.1 Å². The summed E-state index contributed by atoms with van der Waals surface area (Å²) in [5, 5.41) is 10.0. The maximum absolute atomic E-state index is 12.3. The molecule has 0 bridgehead atoms. The molecule has 1 aromatic heterocycles. The molecule has 0 aliphatic heterocycles. The lowest BCUT2D eigenvalue weighted by Crippen LogP contribution is -2.07. The molecule has 0 atom stereocenters. The molecule has 0 amide bonds. The third-order valence-corrected chi connectivity index (χ3v) is 5.77. The minimum Gasteiger partial charge on any atom is -0.476 e. The van der Waals surface area contributed by atoms with Gasteiger partial charge in [0, 0.05) is 5.38 Å². The van der Waals surface area contributed by atoms with Crippen LogP contribution in [0.3, 0.4) is 0 Å². The van der Waals surface area contributed by atoms with Crippen LogP contribution in [0.25, 0.3) is 0 Å². The maximum Gasteiger partial charge on any atom is 0.365 e. The first-order chi connectivity index (χ1) is 9.31. The first-order valence-electron chi connectivity index (χ1n) is 5.16. The van der Waals surface area contributed by atoms with Crippen LogP contribution in [0.15, 0.2) is 28.5 Å². The molecule has 9 heteroatoms. The maximum atomic E-state index is 12.3. The van der Waals surface area contributed by atoms with Crippen molar-refractivity contribution >= 4 is 50.3 Å². The van der Waals surface area contributed by atoms with Crippen LogP contribution in [0, 0.1) is 0 Å². The van der Waals surface area contributed by atoms with E-state index in [1.165, 1.54) is 23.6 Å². The summed E-state index contributed by atoms with van der Waals surface area (Å²) in [6.07, 6.45) is 0. The SMILES string of the molecule is O=C(O)c1nc(CS(=O)(=O)c2c(Cl)cccc2Cl)cs1. The Labute approximate surface area is 128 Å². The molecule has 0 unspecified atom stereocenters. The summed E-state index contributed by atoms with van der Waals surface area (Å²) < 4.78 is 24.5. The number of thiazole rings is 1. The third-order valence-electron chi connectivity index (χ3n) is 2.30. The van der Waals surface area contributed by atoms with E-state index in [0.29, 0.717) is 0 Å². The molecule has 1 heterocycles. The fourth-order valence-corrected chi connectivity index (χ4v) is 4.79. The lowest BCUT2D eigenvalue weighted by Gasteiger charge is -2.07. The van der Waals surface area contributed by atoms with E-state index in [1.807, 2.05) is 0 Å². The van der Waals surface area contributed by atoms with Gasteiger partial charge in [-0.15, -0.1) is 11.3 Å². The number of carboxylic acid groups (broad SMARTS) is 1. The first kappa shape index (κ1) is 15.2. The van der Waals surface area contributed by atoms with E-state index in [1.54, 1.807) is 0 Å². The highest BCUT2D eigenvalue weighted by Crippen LogP contribution is 2.31. The Morgan fingerprint density at radius 1 is 1.30 bits per heavy atom. The average molecular weight is 352 g/mol. The summed E-state index contributed by atoms with van der Waals surface area (Å²) in [7, 11) is -3.80. The van der Waals surface area contributed by atoms with E-state index in [4.69, 9.17) is 28.3 Å². The highest BCUT2D eigenvalue weighted by Gasteiger charge is 2.24. The van der Waals surface area contributed by atoms with Crippen molar-refractivity contribution in [3.8, 4) is 0 Å². The molecular weight excluding hydrogens is 345 g/mol. The number of carboxylic acids is 1. The largest absolute Gasteiger partial charge is 0.476 e. The molecule has 0 aliphatic rings. The molecule has 1 aromatic carbocycles. The Balaban J connectivity index is 2.38. The number of hydrogen-bond donors (Lipinski definition) is 1. The van der Waals surface area contributed by atoms with E-state index < -0.39 is 21.6 Å². The molecule has 0 saturated heterocycles. The van der Waals surface area contributed by atoms with E-state index in [2.05, 4.69) is 4.98 Å². The average Bonchev–Trinajstić information content (AvgIpc) is 2.76. The summed E-state index contributed by atoms with van der Waals surface area (Å²) in [4.78, 5) is 14.3. The van der Waals surface area contributed by atoms with Crippen molar-refractivity contribution in [2.75, 3.05) is 0 Å². The standard InChI is InChI=1S/C11H7Cl2NO4S2/c12-7-2-1-3-8(13)9(7)20(17,18)5-6-4-19-10(14-6)11(15)16/h1-4H,5H2,(H,15,16). The Kier molecular flexibility index (Phi) is 4.33. The number of nitrogens with zero attached hydrogens (tertiary/aromatic N) is 1. The number of aromatic nitrogens is 1. The van der Waals surface area contributed by atoms with Gasteiger partial charge in [-0.2, -0.15) is 0 Å². The van der Waals surface area contributed by atoms with Crippen molar-refractivity contribution in [1.29, 1.82) is 0 Å². The van der Waals surface area contributed by atoms with Crippen LogP contribution >= 0.6 is 34.5 Å². The van der Waals surface area contributed by atoms with Gasteiger partial charge in [-0.3, -0.25) is 0 Å². The molecule has 0 saturated carbocycles. The monoisotopic (exact) mass is 351 g/mol. The van der Waals surface area contributed by atoms with Gasteiger partial charge in [0.15, 0.2) is 9.84 Å². The van der Waals surface area contributed by atoms with Crippen molar-refractivity contribution in [1.82, 2.24) is 4.98 Å². The van der Waals surface area contributed by atoms with Gasteiger partial charge >= 0.3 is 5.97 Å². The smallest absolute Gasteiger partial charge is 0.365 e. The predicted octanol–water partition coefficient (Wildman–Crippen LogP) is 3.12. The van der Waals surface area contributed by atoms with Crippen LogP contribution in [0.4, 0.5) is 0 Å². The topological polar surface area (TPSA) is 84.3 Å². The van der Waals surface area contributed by atoms with Gasteiger partial charge < -0.3 is 5.11 Å². The highest BCUT2D eigenvalue weighted by atomic mass is 35.5. The molecule has 2 rings (SSSR count). The number of benzene rings is 1. The van der Waals surface area contributed by atoms with Crippen LogP contribution in [0.2, 0.25) is 10.0 Å². The van der Waals surface area contributed by atoms with Crippen molar-refractivity contribution in [2.24, 2.45) is 0 Å². The zero-order chi connectivity index (χ0) is 14.9. The Bertz CT molecular complexity index is 750. The van der Waals surface area contributed by atoms with Crippen LogP contribution in [-0.4, -0.2) is 24.5 Å². The number of hydrogen-bond acceptors (Lipinski definition) is 5. The second-order valence-electron chi connectivity index (χ2n) is 3.76. The molecule has 0 spiro atoms. The van der Waals surface area contributed by atoms with Gasteiger partial charge in [0.1, 0.15) is 4.90 Å². The Morgan fingerprint density at radius 3 is 2.40 bits per heavy atom.